The molecule has 1 aromatic rings. The van der Waals surface area contributed by atoms with Gasteiger partial charge in [0.05, 0.1) is 21.3 Å². The van der Waals surface area contributed by atoms with Crippen LogP contribution in [-0.2, 0) is 10.1 Å². The summed E-state index contributed by atoms with van der Waals surface area (Å²) in [5, 5.41) is 9.48. The van der Waals surface area contributed by atoms with Gasteiger partial charge in [-0.25, -0.2) is 8.42 Å². The van der Waals surface area contributed by atoms with Crippen LogP contribution in [0.1, 0.15) is 11.0 Å². The number of benzene rings is 1. The van der Waals surface area contributed by atoms with Crippen molar-refractivity contribution in [3.63, 3.8) is 0 Å². The van der Waals surface area contributed by atoms with Gasteiger partial charge in [-0.1, -0.05) is 0 Å². The summed E-state index contributed by atoms with van der Waals surface area (Å²) >= 11 is 0. The van der Waals surface area contributed by atoms with Crippen LogP contribution in [0.2, 0.25) is 0 Å². The fraction of sp³-hybridized carbons (Fsp3) is 0.400. The Morgan fingerprint density at radius 1 is 1.11 bits per heavy atom. The molecule has 0 aliphatic carbocycles. The standard InChI is InChI=1S/C10H14O7S.Na/c1-15-7-5-4-6(10(11)18(12,13)14)8(16-2)9(7)17-3;/h4-5,10-11H,1-3H3,(H,12,13,14);/q;+1/p-1. The van der Waals surface area contributed by atoms with Crippen molar-refractivity contribution in [1.82, 2.24) is 0 Å². The van der Waals surface area contributed by atoms with Gasteiger partial charge in [0.25, 0.3) is 0 Å². The number of aliphatic hydroxyl groups excluding tert-OH is 1. The summed E-state index contributed by atoms with van der Waals surface area (Å²) < 4.78 is 47.4. The third kappa shape index (κ3) is 3.98. The van der Waals surface area contributed by atoms with Gasteiger partial charge in [-0.3, -0.25) is 0 Å². The predicted molar refractivity (Wildman–Crippen MR) is 60.8 cm³/mol. The molecule has 0 radical (unpaired) electrons. The van der Waals surface area contributed by atoms with E-state index in [4.69, 9.17) is 14.2 Å². The van der Waals surface area contributed by atoms with Crippen LogP contribution >= 0.6 is 0 Å². The Morgan fingerprint density at radius 3 is 2.00 bits per heavy atom. The molecule has 1 rings (SSSR count). The van der Waals surface area contributed by atoms with E-state index in [0.29, 0.717) is 0 Å². The Labute approximate surface area is 133 Å². The Bertz CT molecular complexity index is 529. The number of ether oxygens (including phenoxy) is 3. The van der Waals surface area contributed by atoms with E-state index in [0.717, 1.165) is 0 Å². The van der Waals surface area contributed by atoms with Crippen LogP contribution < -0.4 is 43.8 Å². The summed E-state index contributed by atoms with van der Waals surface area (Å²) in [6, 6.07) is 2.59. The molecule has 0 bridgehead atoms. The maximum Gasteiger partial charge on any atom is 1.00 e. The second-order valence-electron chi connectivity index (χ2n) is 3.27. The quantitative estimate of drug-likeness (QED) is 0.464. The maximum absolute atomic E-state index is 10.8. The number of methoxy groups -OCH3 is 3. The molecule has 0 aromatic heterocycles. The van der Waals surface area contributed by atoms with Crippen LogP contribution in [0, 0.1) is 0 Å². The average molecular weight is 300 g/mol. The maximum atomic E-state index is 10.8. The molecule has 102 valence electrons. The molecule has 0 aliphatic heterocycles. The van der Waals surface area contributed by atoms with Crippen molar-refractivity contribution in [2.24, 2.45) is 0 Å². The van der Waals surface area contributed by atoms with Gasteiger partial charge in [0.15, 0.2) is 16.9 Å². The van der Waals surface area contributed by atoms with Crippen LogP contribution in [0.5, 0.6) is 17.2 Å². The van der Waals surface area contributed by atoms with Gasteiger partial charge in [-0.15, -0.1) is 0 Å². The van der Waals surface area contributed by atoms with E-state index < -0.39 is 15.6 Å². The van der Waals surface area contributed by atoms with Gasteiger partial charge in [-0.05, 0) is 12.1 Å². The van der Waals surface area contributed by atoms with Crippen molar-refractivity contribution >= 4 is 10.1 Å². The van der Waals surface area contributed by atoms with E-state index in [1.54, 1.807) is 0 Å². The van der Waals surface area contributed by atoms with Crippen LogP contribution in [0.15, 0.2) is 12.1 Å². The second-order valence-corrected chi connectivity index (χ2v) is 4.70. The zero-order valence-corrected chi connectivity index (χ0v) is 13.9. The first-order valence-electron chi connectivity index (χ1n) is 4.78. The number of rotatable bonds is 5. The van der Waals surface area contributed by atoms with E-state index in [1.807, 2.05) is 0 Å². The topological polar surface area (TPSA) is 105 Å². The Hall–Kier alpha value is -0.510. The molecule has 0 saturated carbocycles. The fourth-order valence-corrected chi connectivity index (χ4v) is 1.97. The molecule has 0 heterocycles. The molecule has 1 atom stereocenters. The summed E-state index contributed by atoms with van der Waals surface area (Å²) in [5.41, 5.74) is -2.43. The largest absolute Gasteiger partial charge is 1.00 e. The first kappa shape index (κ1) is 18.5. The van der Waals surface area contributed by atoms with E-state index in [1.165, 1.54) is 33.5 Å². The molecule has 0 spiro atoms. The molecule has 1 aromatic carbocycles. The van der Waals surface area contributed by atoms with Gasteiger partial charge in [0.2, 0.25) is 5.75 Å². The van der Waals surface area contributed by atoms with Crippen molar-refractivity contribution in [3.05, 3.63) is 17.7 Å². The first-order valence-corrected chi connectivity index (χ1v) is 6.25. The van der Waals surface area contributed by atoms with E-state index in [-0.39, 0.29) is 52.4 Å². The predicted octanol–water partition coefficient (Wildman–Crippen LogP) is -2.75. The van der Waals surface area contributed by atoms with Crippen LogP contribution in [0.4, 0.5) is 0 Å². The van der Waals surface area contributed by atoms with Crippen molar-refractivity contribution in [1.29, 1.82) is 0 Å². The molecule has 0 aliphatic rings. The smallest absolute Gasteiger partial charge is 0.746 e. The van der Waals surface area contributed by atoms with Crippen molar-refractivity contribution in [2.75, 3.05) is 21.3 Å². The third-order valence-electron chi connectivity index (χ3n) is 2.27. The molecule has 1 N–H and O–H groups in total. The molecule has 7 nitrogen and oxygen atoms in total. The molecule has 0 amide bonds. The van der Waals surface area contributed by atoms with E-state index in [9.17, 15) is 18.1 Å². The monoisotopic (exact) mass is 300 g/mol. The summed E-state index contributed by atoms with van der Waals surface area (Å²) in [6.45, 7) is 0. The van der Waals surface area contributed by atoms with Crippen molar-refractivity contribution < 1.29 is 61.8 Å². The summed E-state index contributed by atoms with van der Waals surface area (Å²) in [6.07, 6.45) is 0. The molecule has 1 unspecified atom stereocenters. The third-order valence-corrected chi connectivity index (χ3v) is 3.07. The van der Waals surface area contributed by atoms with E-state index >= 15 is 0 Å². The van der Waals surface area contributed by atoms with Gasteiger partial charge in [0, 0.05) is 5.56 Å². The second kappa shape index (κ2) is 7.32. The van der Waals surface area contributed by atoms with Crippen molar-refractivity contribution in [2.45, 2.75) is 5.44 Å². The zero-order valence-electron chi connectivity index (χ0n) is 11.0. The molecule has 19 heavy (non-hydrogen) atoms. The normalized spacial score (nSPS) is 12.3. The Kier molecular flexibility index (Phi) is 7.12. The first-order chi connectivity index (χ1) is 8.36. The van der Waals surface area contributed by atoms with Crippen LogP contribution in [-0.4, -0.2) is 39.4 Å². The van der Waals surface area contributed by atoms with Gasteiger partial charge in [-0.2, -0.15) is 0 Å². The minimum absolute atomic E-state index is 0. The minimum atomic E-state index is -4.90. The molecular weight excluding hydrogens is 287 g/mol. The van der Waals surface area contributed by atoms with Gasteiger partial charge < -0.3 is 23.9 Å². The molecule has 0 saturated heterocycles. The number of aliphatic hydroxyl groups is 1. The van der Waals surface area contributed by atoms with Gasteiger partial charge in [0.1, 0.15) is 10.1 Å². The molecule has 9 heteroatoms. The zero-order chi connectivity index (χ0) is 13.9. The van der Waals surface area contributed by atoms with Crippen molar-refractivity contribution in [3.8, 4) is 17.2 Å². The number of hydrogen-bond donors (Lipinski definition) is 1. The molecule has 0 fully saturated rings. The van der Waals surface area contributed by atoms with Crippen LogP contribution in [0.3, 0.4) is 0 Å². The summed E-state index contributed by atoms with van der Waals surface area (Å²) in [7, 11) is -0.941. The fourth-order valence-electron chi connectivity index (χ4n) is 1.47. The van der Waals surface area contributed by atoms with E-state index in [2.05, 4.69) is 0 Å². The van der Waals surface area contributed by atoms with Gasteiger partial charge >= 0.3 is 29.6 Å². The summed E-state index contributed by atoms with van der Waals surface area (Å²) in [5.74, 6) is 0.317. The Morgan fingerprint density at radius 2 is 1.63 bits per heavy atom. The molecular formula is C10H13NaO7S. The summed E-state index contributed by atoms with van der Waals surface area (Å²) in [4.78, 5) is 0. The number of hydrogen-bond acceptors (Lipinski definition) is 7. The average Bonchev–Trinajstić information content (AvgIpc) is 2.34. The minimum Gasteiger partial charge on any atom is -0.746 e. The van der Waals surface area contributed by atoms with Crippen LogP contribution in [0.25, 0.3) is 0 Å². The SMILES string of the molecule is COc1ccc(C(O)S(=O)(=O)[O-])c(OC)c1OC.[Na+]. The Balaban J connectivity index is 0.00000324.